The van der Waals surface area contributed by atoms with Crippen LogP contribution in [0.25, 0.3) is 21.3 Å². The summed E-state index contributed by atoms with van der Waals surface area (Å²) in [7, 11) is 0. The summed E-state index contributed by atoms with van der Waals surface area (Å²) in [5.74, 6) is -0.307. The van der Waals surface area contributed by atoms with Crippen molar-refractivity contribution in [2.24, 2.45) is 4.99 Å². The molecule has 7 heteroatoms. The van der Waals surface area contributed by atoms with E-state index in [9.17, 15) is 4.79 Å². The quantitative estimate of drug-likeness (QED) is 0.303. The van der Waals surface area contributed by atoms with Crippen LogP contribution in [0.2, 0.25) is 10.0 Å². The molecule has 0 fully saturated rings. The molecule has 0 spiro atoms. The van der Waals surface area contributed by atoms with Crippen LogP contribution in [0.4, 0.5) is 0 Å². The third kappa shape index (κ3) is 4.75. The molecule has 0 unspecified atom stereocenters. The fourth-order valence-corrected chi connectivity index (χ4v) is 4.82. The summed E-state index contributed by atoms with van der Waals surface area (Å²) in [6, 6.07) is 21.1. The lowest BCUT2D eigenvalue weighted by atomic mass is 10.0. The minimum atomic E-state index is -0.307. The molecular weight excluding hydrogens is 451 g/mol. The van der Waals surface area contributed by atoms with Crippen LogP contribution in [-0.4, -0.2) is 23.7 Å². The monoisotopic (exact) mass is 470 g/mol. The van der Waals surface area contributed by atoms with Crippen molar-refractivity contribution in [2.45, 2.75) is 13.5 Å². The number of carbonyl (C=O) groups is 1. The maximum atomic E-state index is 12.9. The van der Waals surface area contributed by atoms with E-state index in [2.05, 4.69) is 4.99 Å². The van der Waals surface area contributed by atoms with E-state index in [4.69, 9.17) is 27.9 Å². The Morgan fingerprint density at radius 3 is 2.42 bits per heavy atom. The molecule has 0 aliphatic heterocycles. The first-order valence-corrected chi connectivity index (χ1v) is 11.5. The molecular formula is C24H20Cl2N2O2S. The number of carbonyl (C=O) groups excluding carboxylic acids is 1. The summed E-state index contributed by atoms with van der Waals surface area (Å²) in [5, 5.41) is 0.916. The number of halogens is 2. The standard InChI is InChI=1S/C24H20Cl2N2O2S/c1-2-30-15-14-28-22-20(13-12-19(25)21(22)26)31-24(28)27-23(29)18-10-8-17(9-11-18)16-6-4-3-5-7-16/h3-13H,2,14-15H2,1H3. The zero-order valence-corrected chi connectivity index (χ0v) is 19.2. The predicted octanol–water partition coefficient (Wildman–Crippen LogP) is 6.45. The molecule has 0 N–H and O–H groups in total. The van der Waals surface area contributed by atoms with Gasteiger partial charge in [0.05, 0.1) is 26.9 Å². The molecule has 4 rings (SSSR count). The highest BCUT2D eigenvalue weighted by atomic mass is 35.5. The number of nitrogens with zero attached hydrogens (tertiary/aromatic N) is 2. The second-order valence-electron chi connectivity index (χ2n) is 6.80. The maximum absolute atomic E-state index is 12.9. The van der Waals surface area contributed by atoms with E-state index in [1.165, 1.54) is 11.3 Å². The molecule has 0 aliphatic rings. The number of ether oxygens (including phenoxy) is 1. The molecule has 31 heavy (non-hydrogen) atoms. The molecule has 0 saturated heterocycles. The highest BCUT2D eigenvalue weighted by molar-refractivity contribution is 7.16. The molecule has 1 amide bonds. The van der Waals surface area contributed by atoms with Gasteiger partial charge in [-0.25, -0.2) is 0 Å². The highest BCUT2D eigenvalue weighted by Gasteiger charge is 2.14. The average Bonchev–Trinajstić information content (AvgIpc) is 3.15. The van der Waals surface area contributed by atoms with Gasteiger partial charge in [-0.05, 0) is 42.3 Å². The normalized spacial score (nSPS) is 11.9. The van der Waals surface area contributed by atoms with Gasteiger partial charge in [-0.2, -0.15) is 4.99 Å². The maximum Gasteiger partial charge on any atom is 0.279 e. The molecule has 4 aromatic rings. The predicted molar refractivity (Wildman–Crippen MR) is 128 cm³/mol. The van der Waals surface area contributed by atoms with Crippen LogP contribution in [-0.2, 0) is 11.3 Å². The molecule has 158 valence electrons. The lowest BCUT2D eigenvalue weighted by Crippen LogP contribution is -2.20. The van der Waals surface area contributed by atoms with Crippen molar-refractivity contribution >= 4 is 50.7 Å². The van der Waals surface area contributed by atoms with Gasteiger partial charge in [-0.15, -0.1) is 0 Å². The van der Waals surface area contributed by atoms with Crippen molar-refractivity contribution in [3.63, 3.8) is 0 Å². The Labute approximate surface area is 194 Å². The lowest BCUT2D eigenvalue weighted by molar-refractivity contribution is 0.0996. The van der Waals surface area contributed by atoms with Crippen LogP contribution in [0.3, 0.4) is 0 Å². The topological polar surface area (TPSA) is 43.6 Å². The van der Waals surface area contributed by atoms with E-state index in [0.29, 0.717) is 40.2 Å². The zero-order chi connectivity index (χ0) is 21.8. The van der Waals surface area contributed by atoms with Gasteiger partial charge >= 0.3 is 0 Å². The van der Waals surface area contributed by atoms with Crippen molar-refractivity contribution < 1.29 is 9.53 Å². The van der Waals surface area contributed by atoms with Crippen molar-refractivity contribution in [3.8, 4) is 11.1 Å². The van der Waals surface area contributed by atoms with E-state index in [-0.39, 0.29) is 5.91 Å². The number of hydrogen-bond acceptors (Lipinski definition) is 3. The Kier molecular flexibility index (Phi) is 6.88. The zero-order valence-electron chi connectivity index (χ0n) is 16.8. The van der Waals surface area contributed by atoms with E-state index in [0.717, 1.165) is 21.3 Å². The summed E-state index contributed by atoms with van der Waals surface area (Å²) in [6.07, 6.45) is 0. The van der Waals surface area contributed by atoms with Crippen molar-refractivity contribution in [1.29, 1.82) is 0 Å². The SMILES string of the molecule is CCOCCn1c(=NC(=O)c2ccc(-c3ccccc3)cc2)sc2ccc(Cl)c(Cl)c21. The van der Waals surface area contributed by atoms with Crippen molar-refractivity contribution in [3.05, 3.63) is 87.1 Å². The Bertz CT molecular complexity index is 1280. The number of thiazole rings is 1. The Morgan fingerprint density at radius 1 is 1.00 bits per heavy atom. The van der Waals surface area contributed by atoms with Crippen LogP contribution in [0.15, 0.2) is 71.7 Å². The van der Waals surface area contributed by atoms with Crippen LogP contribution in [0, 0.1) is 0 Å². The van der Waals surface area contributed by atoms with Crippen molar-refractivity contribution in [2.75, 3.05) is 13.2 Å². The van der Waals surface area contributed by atoms with Gasteiger partial charge in [0, 0.05) is 18.7 Å². The Balaban J connectivity index is 1.71. The van der Waals surface area contributed by atoms with E-state index < -0.39 is 0 Å². The third-order valence-electron chi connectivity index (χ3n) is 4.83. The minimum Gasteiger partial charge on any atom is -0.380 e. The summed E-state index contributed by atoms with van der Waals surface area (Å²) in [6.45, 7) is 3.55. The van der Waals surface area contributed by atoms with Gasteiger partial charge in [0.25, 0.3) is 5.91 Å². The highest BCUT2D eigenvalue weighted by Crippen LogP contribution is 2.32. The summed E-state index contributed by atoms with van der Waals surface area (Å²) in [5.41, 5.74) is 3.44. The first-order valence-electron chi connectivity index (χ1n) is 9.88. The molecule has 0 atom stereocenters. The Hall–Kier alpha value is -2.44. The van der Waals surface area contributed by atoms with E-state index in [1.54, 1.807) is 18.2 Å². The molecule has 1 aromatic heterocycles. The van der Waals surface area contributed by atoms with Gasteiger partial charge in [-0.3, -0.25) is 4.79 Å². The molecule has 4 nitrogen and oxygen atoms in total. The minimum absolute atomic E-state index is 0.307. The van der Waals surface area contributed by atoms with Crippen LogP contribution < -0.4 is 4.80 Å². The van der Waals surface area contributed by atoms with Gasteiger partial charge in [0.15, 0.2) is 4.80 Å². The molecule has 1 heterocycles. The van der Waals surface area contributed by atoms with E-state index in [1.807, 2.05) is 60.0 Å². The molecule has 3 aromatic carbocycles. The fourth-order valence-electron chi connectivity index (χ4n) is 3.28. The molecule has 0 aliphatic carbocycles. The number of hydrogen-bond donors (Lipinski definition) is 0. The van der Waals surface area contributed by atoms with Crippen LogP contribution in [0.1, 0.15) is 17.3 Å². The second kappa shape index (κ2) is 9.79. The van der Waals surface area contributed by atoms with Gasteiger partial charge in [0.1, 0.15) is 0 Å². The fraction of sp³-hybridized carbons (Fsp3) is 0.167. The summed E-state index contributed by atoms with van der Waals surface area (Å²) >= 11 is 14.1. The van der Waals surface area contributed by atoms with Gasteiger partial charge < -0.3 is 9.30 Å². The molecule has 0 radical (unpaired) electrons. The Morgan fingerprint density at radius 2 is 1.71 bits per heavy atom. The first kappa shape index (κ1) is 21.8. The van der Waals surface area contributed by atoms with Gasteiger partial charge in [-0.1, -0.05) is 77.0 Å². The first-order chi connectivity index (χ1) is 15.1. The number of benzene rings is 3. The third-order valence-corrected chi connectivity index (χ3v) is 6.67. The summed E-state index contributed by atoms with van der Waals surface area (Å²) in [4.78, 5) is 17.9. The number of aromatic nitrogens is 1. The second-order valence-corrected chi connectivity index (χ2v) is 8.60. The smallest absolute Gasteiger partial charge is 0.279 e. The largest absolute Gasteiger partial charge is 0.380 e. The van der Waals surface area contributed by atoms with Crippen LogP contribution in [0.5, 0.6) is 0 Å². The number of amides is 1. The number of rotatable bonds is 6. The lowest BCUT2D eigenvalue weighted by Gasteiger charge is -2.07. The van der Waals surface area contributed by atoms with E-state index >= 15 is 0 Å². The number of fused-ring (bicyclic) bond motifs is 1. The summed E-state index contributed by atoms with van der Waals surface area (Å²) < 4.78 is 8.32. The molecule has 0 saturated carbocycles. The van der Waals surface area contributed by atoms with Crippen molar-refractivity contribution in [1.82, 2.24) is 4.57 Å². The van der Waals surface area contributed by atoms with Crippen LogP contribution >= 0.6 is 34.5 Å². The average molecular weight is 471 g/mol. The van der Waals surface area contributed by atoms with Gasteiger partial charge in [0.2, 0.25) is 0 Å². The molecule has 0 bridgehead atoms.